The van der Waals surface area contributed by atoms with Crippen LogP contribution in [0.1, 0.15) is 21.8 Å². The molecule has 0 N–H and O–H groups in total. The largest absolute Gasteiger partial charge is 0.486 e. The van der Waals surface area contributed by atoms with E-state index in [2.05, 4.69) is 4.98 Å². The summed E-state index contributed by atoms with van der Waals surface area (Å²) in [6.07, 6.45) is 0. The van der Waals surface area contributed by atoms with Crippen molar-refractivity contribution in [3.8, 4) is 11.5 Å². The molecule has 2 aromatic carbocycles. The van der Waals surface area contributed by atoms with Gasteiger partial charge in [0, 0.05) is 11.4 Å². The number of rotatable bonds is 7. The molecule has 0 bridgehead atoms. The number of hydrogen-bond donors (Lipinski definition) is 0. The van der Waals surface area contributed by atoms with Gasteiger partial charge in [-0.15, -0.1) is 11.3 Å². The molecule has 0 aliphatic rings. The molecular formula is C19H18N2O4S. The third-order valence-electron chi connectivity index (χ3n) is 3.67. The Kier molecular flexibility index (Phi) is 5.48. The summed E-state index contributed by atoms with van der Waals surface area (Å²) in [4.78, 5) is 15.1. The number of hydrogen-bond acceptors (Lipinski definition) is 6. The van der Waals surface area contributed by atoms with E-state index in [-0.39, 0.29) is 18.0 Å². The van der Waals surface area contributed by atoms with Crippen LogP contribution in [0, 0.1) is 24.0 Å². The molecule has 0 spiro atoms. The van der Waals surface area contributed by atoms with Crippen molar-refractivity contribution in [2.45, 2.75) is 27.1 Å². The first-order chi connectivity index (χ1) is 12.5. The van der Waals surface area contributed by atoms with Gasteiger partial charge in [-0.3, -0.25) is 10.1 Å². The summed E-state index contributed by atoms with van der Waals surface area (Å²) in [5.74, 6) is 1.03. The Balaban J connectivity index is 1.59. The minimum absolute atomic E-state index is 0.0387. The van der Waals surface area contributed by atoms with Crippen molar-refractivity contribution in [3.05, 3.63) is 79.8 Å². The maximum absolute atomic E-state index is 11.1. The minimum Gasteiger partial charge on any atom is -0.486 e. The lowest BCUT2D eigenvalue weighted by atomic mass is 10.2. The molecule has 0 atom stereocenters. The lowest BCUT2D eigenvalue weighted by molar-refractivity contribution is -0.386. The SMILES string of the molecule is Cc1ccc(OCc2nc(COc3ccc(C)cc3[N+](=O)[O-])cs2)cc1. The monoisotopic (exact) mass is 370 g/mol. The fourth-order valence-electron chi connectivity index (χ4n) is 2.30. The predicted molar refractivity (Wildman–Crippen MR) is 99.8 cm³/mol. The van der Waals surface area contributed by atoms with Gasteiger partial charge in [0.15, 0.2) is 5.75 Å². The topological polar surface area (TPSA) is 74.5 Å². The molecule has 3 rings (SSSR count). The smallest absolute Gasteiger partial charge is 0.311 e. The molecule has 1 heterocycles. The van der Waals surface area contributed by atoms with Gasteiger partial charge in [0.1, 0.15) is 24.0 Å². The zero-order chi connectivity index (χ0) is 18.5. The molecule has 0 amide bonds. The molecule has 0 unspecified atom stereocenters. The summed E-state index contributed by atoms with van der Waals surface area (Å²) in [6.45, 7) is 4.37. The molecule has 0 saturated heterocycles. The molecule has 26 heavy (non-hydrogen) atoms. The van der Waals surface area contributed by atoms with Crippen LogP contribution in [0.3, 0.4) is 0 Å². The first-order valence-electron chi connectivity index (χ1n) is 8.02. The molecule has 1 aromatic heterocycles. The second kappa shape index (κ2) is 7.97. The highest BCUT2D eigenvalue weighted by Gasteiger charge is 2.15. The first-order valence-corrected chi connectivity index (χ1v) is 8.90. The molecule has 7 heteroatoms. The first kappa shape index (κ1) is 17.9. The lowest BCUT2D eigenvalue weighted by Gasteiger charge is -2.06. The summed E-state index contributed by atoms with van der Waals surface area (Å²) in [7, 11) is 0. The van der Waals surface area contributed by atoms with Crippen LogP contribution < -0.4 is 9.47 Å². The van der Waals surface area contributed by atoms with Gasteiger partial charge in [-0.05, 0) is 37.6 Å². The van der Waals surface area contributed by atoms with Crippen molar-refractivity contribution >= 4 is 17.0 Å². The lowest BCUT2D eigenvalue weighted by Crippen LogP contribution is -2.01. The van der Waals surface area contributed by atoms with Crippen LogP contribution in [0.4, 0.5) is 5.69 Å². The van der Waals surface area contributed by atoms with Crippen molar-refractivity contribution in [1.29, 1.82) is 0 Å². The van der Waals surface area contributed by atoms with Crippen LogP contribution in [-0.2, 0) is 13.2 Å². The van der Waals surface area contributed by atoms with Crippen LogP contribution in [0.15, 0.2) is 47.8 Å². The number of nitro groups is 1. The van der Waals surface area contributed by atoms with Gasteiger partial charge < -0.3 is 9.47 Å². The summed E-state index contributed by atoms with van der Waals surface area (Å²) in [6, 6.07) is 12.7. The minimum atomic E-state index is -0.440. The van der Waals surface area contributed by atoms with Gasteiger partial charge >= 0.3 is 5.69 Å². The summed E-state index contributed by atoms with van der Waals surface area (Å²) in [5, 5.41) is 13.8. The molecular weight excluding hydrogens is 352 g/mol. The van der Waals surface area contributed by atoms with Gasteiger partial charge in [-0.25, -0.2) is 4.98 Å². The maximum atomic E-state index is 11.1. The van der Waals surface area contributed by atoms with E-state index in [1.54, 1.807) is 19.1 Å². The Morgan fingerprint density at radius 2 is 1.77 bits per heavy atom. The highest BCUT2D eigenvalue weighted by Crippen LogP contribution is 2.28. The van der Waals surface area contributed by atoms with Crippen LogP contribution in [0.2, 0.25) is 0 Å². The van der Waals surface area contributed by atoms with E-state index < -0.39 is 4.92 Å². The number of ether oxygens (including phenoxy) is 2. The van der Waals surface area contributed by atoms with E-state index in [0.29, 0.717) is 12.3 Å². The Morgan fingerprint density at radius 1 is 1.04 bits per heavy atom. The van der Waals surface area contributed by atoms with Crippen LogP contribution in [0.5, 0.6) is 11.5 Å². The van der Waals surface area contributed by atoms with Crippen molar-refractivity contribution in [1.82, 2.24) is 4.98 Å². The normalized spacial score (nSPS) is 10.5. The van der Waals surface area contributed by atoms with Crippen molar-refractivity contribution in [2.75, 3.05) is 0 Å². The van der Waals surface area contributed by atoms with E-state index in [1.165, 1.54) is 23.0 Å². The quantitative estimate of drug-likeness (QED) is 0.440. The van der Waals surface area contributed by atoms with Gasteiger partial charge in [0.2, 0.25) is 0 Å². The predicted octanol–water partition coefficient (Wildman–Crippen LogP) is 4.83. The van der Waals surface area contributed by atoms with E-state index in [0.717, 1.165) is 16.3 Å². The Bertz CT molecular complexity index is 906. The van der Waals surface area contributed by atoms with E-state index in [4.69, 9.17) is 9.47 Å². The van der Waals surface area contributed by atoms with Crippen molar-refractivity contribution < 1.29 is 14.4 Å². The van der Waals surface area contributed by atoms with Crippen LogP contribution in [-0.4, -0.2) is 9.91 Å². The highest BCUT2D eigenvalue weighted by atomic mass is 32.1. The van der Waals surface area contributed by atoms with E-state index in [9.17, 15) is 10.1 Å². The summed E-state index contributed by atoms with van der Waals surface area (Å²) in [5.41, 5.74) is 2.67. The number of nitrogens with zero attached hydrogens (tertiary/aromatic N) is 2. The molecule has 0 aliphatic carbocycles. The van der Waals surface area contributed by atoms with Crippen LogP contribution >= 0.6 is 11.3 Å². The van der Waals surface area contributed by atoms with Gasteiger partial charge in [0.05, 0.1) is 10.6 Å². The van der Waals surface area contributed by atoms with Gasteiger partial charge in [0.25, 0.3) is 0 Å². The van der Waals surface area contributed by atoms with Crippen molar-refractivity contribution in [2.24, 2.45) is 0 Å². The molecule has 134 valence electrons. The molecule has 0 saturated carbocycles. The second-order valence-corrected chi connectivity index (χ2v) is 6.79. The fourth-order valence-corrected chi connectivity index (χ4v) is 2.99. The zero-order valence-corrected chi connectivity index (χ0v) is 15.3. The molecule has 0 radical (unpaired) electrons. The Morgan fingerprint density at radius 3 is 2.50 bits per heavy atom. The fraction of sp³-hybridized carbons (Fsp3) is 0.211. The van der Waals surface area contributed by atoms with Crippen LogP contribution in [0.25, 0.3) is 0 Å². The Labute approximate surface area is 155 Å². The number of benzene rings is 2. The van der Waals surface area contributed by atoms with E-state index in [1.807, 2.05) is 36.6 Å². The van der Waals surface area contributed by atoms with Gasteiger partial charge in [-0.1, -0.05) is 23.8 Å². The third-order valence-corrected chi connectivity index (χ3v) is 4.54. The average molecular weight is 370 g/mol. The summed E-state index contributed by atoms with van der Waals surface area (Å²) >= 11 is 1.47. The number of nitro benzene ring substituents is 1. The van der Waals surface area contributed by atoms with Gasteiger partial charge in [-0.2, -0.15) is 0 Å². The van der Waals surface area contributed by atoms with E-state index >= 15 is 0 Å². The highest BCUT2D eigenvalue weighted by molar-refractivity contribution is 7.09. The Hall–Kier alpha value is -2.93. The molecule has 3 aromatic rings. The molecule has 6 nitrogen and oxygen atoms in total. The molecule has 0 fully saturated rings. The second-order valence-electron chi connectivity index (χ2n) is 5.85. The van der Waals surface area contributed by atoms with Crippen molar-refractivity contribution in [3.63, 3.8) is 0 Å². The summed E-state index contributed by atoms with van der Waals surface area (Å²) < 4.78 is 11.3. The third kappa shape index (κ3) is 4.58. The average Bonchev–Trinajstić information content (AvgIpc) is 3.08. The molecule has 0 aliphatic heterocycles. The maximum Gasteiger partial charge on any atom is 0.311 e. The standard InChI is InChI=1S/C19H18N2O4S/c1-13-3-6-16(7-4-13)24-11-19-20-15(12-26-19)10-25-18-8-5-14(2)9-17(18)21(22)23/h3-9,12H,10-11H2,1-2H3. The number of thiazole rings is 1. The zero-order valence-electron chi connectivity index (χ0n) is 14.5. The number of aromatic nitrogens is 1. The number of aryl methyl sites for hydroxylation is 2.